The van der Waals surface area contributed by atoms with Crippen LogP contribution in [-0.2, 0) is 0 Å². The summed E-state index contributed by atoms with van der Waals surface area (Å²) in [6.07, 6.45) is 2.78. The fourth-order valence-corrected chi connectivity index (χ4v) is 1.97. The summed E-state index contributed by atoms with van der Waals surface area (Å²) in [7, 11) is 0. The van der Waals surface area contributed by atoms with Crippen LogP contribution in [0.5, 0.6) is 0 Å². The summed E-state index contributed by atoms with van der Waals surface area (Å²) in [6, 6.07) is 10.2. The van der Waals surface area contributed by atoms with Gasteiger partial charge in [-0.25, -0.2) is 4.68 Å². The highest BCUT2D eigenvalue weighted by molar-refractivity contribution is 5.86. The average Bonchev–Trinajstić information content (AvgIpc) is 2.93. The summed E-state index contributed by atoms with van der Waals surface area (Å²) in [5, 5.41) is 20.6. The van der Waals surface area contributed by atoms with Crippen molar-refractivity contribution >= 4 is 16.9 Å². The SMILES string of the molecule is CC[C@H](C)Nc1nnnc2c1cnn2-c1ccccc1. The molecule has 0 spiro atoms. The van der Waals surface area contributed by atoms with E-state index in [1.807, 2.05) is 30.3 Å². The Morgan fingerprint density at radius 2 is 2.00 bits per heavy atom. The fraction of sp³-hybridized carbons (Fsp3) is 0.286. The van der Waals surface area contributed by atoms with Crippen LogP contribution in [-0.4, -0.2) is 31.2 Å². The van der Waals surface area contributed by atoms with E-state index in [0.717, 1.165) is 23.3 Å². The molecule has 2 heterocycles. The van der Waals surface area contributed by atoms with Crippen molar-refractivity contribution in [1.82, 2.24) is 25.2 Å². The second-order valence-corrected chi connectivity index (χ2v) is 4.72. The Labute approximate surface area is 116 Å². The summed E-state index contributed by atoms with van der Waals surface area (Å²) in [5.41, 5.74) is 1.66. The number of nitrogens with one attached hydrogen (secondary N) is 1. The van der Waals surface area contributed by atoms with Crippen LogP contribution in [0.1, 0.15) is 20.3 Å². The van der Waals surface area contributed by atoms with Crippen LogP contribution in [0.4, 0.5) is 5.82 Å². The standard InChI is InChI=1S/C14H16N6/c1-3-10(2)16-13-12-9-15-20(14(12)18-19-17-13)11-7-5-4-6-8-11/h4-10H,3H2,1-2H3,(H,16,17,18)/t10-/m0/s1. The predicted octanol–water partition coefficient (Wildman–Crippen LogP) is 2.42. The molecule has 1 aromatic carbocycles. The van der Waals surface area contributed by atoms with Crippen LogP contribution in [0.25, 0.3) is 16.7 Å². The Balaban J connectivity index is 2.08. The normalized spacial score (nSPS) is 12.5. The van der Waals surface area contributed by atoms with Gasteiger partial charge in [0.05, 0.1) is 17.3 Å². The largest absolute Gasteiger partial charge is 0.365 e. The molecule has 0 saturated carbocycles. The van der Waals surface area contributed by atoms with E-state index in [4.69, 9.17) is 0 Å². The maximum Gasteiger partial charge on any atom is 0.190 e. The number of anilines is 1. The van der Waals surface area contributed by atoms with Crippen molar-refractivity contribution in [3.63, 3.8) is 0 Å². The average molecular weight is 268 g/mol. The van der Waals surface area contributed by atoms with E-state index >= 15 is 0 Å². The lowest BCUT2D eigenvalue weighted by Crippen LogP contribution is -2.15. The molecule has 0 saturated heterocycles. The van der Waals surface area contributed by atoms with Crippen LogP contribution in [0.3, 0.4) is 0 Å². The topological polar surface area (TPSA) is 68.5 Å². The molecular formula is C14H16N6. The van der Waals surface area contributed by atoms with E-state index in [1.54, 1.807) is 10.9 Å². The van der Waals surface area contributed by atoms with Gasteiger partial charge in [0.2, 0.25) is 0 Å². The number of nitrogens with zero attached hydrogens (tertiary/aromatic N) is 5. The zero-order chi connectivity index (χ0) is 13.9. The lowest BCUT2D eigenvalue weighted by molar-refractivity contribution is 0.750. The molecule has 0 unspecified atom stereocenters. The van der Waals surface area contributed by atoms with Crippen molar-refractivity contribution in [3.05, 3.63) is 36.5 Å². The lowest BCUT2D eigenvalue weighted by Gasteiger charge is -2.11. The molecule has 0 radical (unpaired) electrons. The quantitative estimate of drug-likeness (QED) is 0.787. The highest BCUT2D eigenvalue weighted by Gasteiger charge is 2.12. The van der Waals surface area contributed by atoms with Gasteiger partial charge in [0.25, 0.3) is 0 Å². The Bertz CT molecular complexity index is 706. The Morgan fingerprint density at radius 1 is 1.20 bits per heavy atom. The van der Waals surface area contributed by atoms with Gasteiger partial charge in [-0.3, -0.25) is 0 Å². The Hall–Kier alpha value is -2.50. The van der Waals surface area contributed by atoms with Gasteiger partial charge in [0.1, 0.15) is 0 Å². The molecule has 2 aromatic heterocycles. The van der Waals surface area contributed by atoms with E-state index in [9.17, 15) is 0 Å². The first-order chi connectivity index (χ1) is 9.79. The number of benzene rings is 1. The number of hydrogen-bond acceptors (Lipinski definition) is 5. The van der Waals surface area contributed by atoms with Crippen molar-refractivity contribution in [2.75, 3.05) is 5.32 Å². The zero-order valence-corrected chi connectivity index (χ0v) is 11.5. The second kappa shape index (κ2) is 5.24. The summed E-state index contributed by atoms with van der Waals surface area (Å²) in [6.45, 7) is 4.23. The zero-order valence-electron chi connectivity index (χ0n) is 11.5. The summed E-state index contributed by atoms with van der Waals surface area (Å²) in [5.74, 6) is 0.728. The molecule has 102 valence electrons. The number of rotatable bonds is 4. The number of hydrogen-bond donors (Lipinski definition) is 1. The molecule has 0 aliphatic rings. The highest BCUT2D eigenvalue weighted by Crippen LogP contribution is 2.21. The van der Waals surface area contributed by atoms with Crippen molar-refractivity contribution in [2.24, 2.45) is 0 Å². The van der Waals surface area contributed by atoms with Crippen LogP contribution in [0.2, 0.25) is 0 Å². The Kier molecular flexibility index (Phi) is 3.28. The molecule has 0 bridgehead atoms. The monoisotopic (exact) mass is 268 g/mol. The summed E-state index contributed by atoms with van der Waals surface area (Å²) in [4.78, 5) is 0. The molecule has 1 N–H and O–H groups in total. The van der Waals surface area contributed by atoms with Crippen molar-refractivity contribution < 1.29 is 0 Å². The summed E-state index contributed by atoms with van der Waals surface area (Å²) < 4.78 is 1.77. The van der Waals surface area contributed by atoms with Gasteiger partial charge >= 0.3 is 0 Å². The first-order valence-corrected chi connectivity index (χ1v) is 6.68. The molecule has 20 heavy (non-hydrogen) atoms. The third-order valence-electron chi connectivity index (χ3n) is 3.28. The molecular weight excluding hydrogens is 252 g/mol. The van der Waals surface area contributed by atoms with Gasteiger partial charge in [0, 0.05) is 6.04 Å². The van der Waals surface area contributed by atoms with E-state index in [1.165, 1.54) is 0 Å². The first-order valence-electron chi connectivity index (χ1n) is 6.68. The molecule has 0 fully saturated rings. The number of aromatic nitrogens is 5. The van der Waals surface area contributed by atoms with Crippen molar-refractivity contribution in [1.29, 1.82) is 0 Å². The Morgan fingerprint density at radius 3 is 2.75 bits per heavy atom. The minimum absolute atomic E-state index is 0.329. The number of para-hydroxylation sites is 1. The smallest absolute Gasteiger partial charge is 0.190 e. The third-order valence-corrected chi connectivity index (χ3v) is 3.28. The van der Waals surface area contributed by atoms with Crippen LogP contribution >= 0.6 is 0 Å². The minimum atomic E-state index is 0.329. The van der Waals surface area contributed by atoms with Gasteiger partial charge < -0.3 is 5.32 Å². The molecule has 6 heteroatoms. The lowest BCUT2D eigenvalue weighted by atomic mass is 10.2. The fourth-order valence-electron chi connectivity index (χ4n) is 1.97. The molecule has 3 aromatic rings. The first kappa shape index (κ1) is 12.5. The molecule has 0 aliphatic carbocycles. The van der Waals surface area contributed by atoms with Gasteiger partial charge in [-0.2, -0.15) is 5.10 Å². The molecule has 1 atom stereocenters. The van der Waals surface area contributed by atoms with Gasteiger partial charge in [0.15, 0.2) is 11.5 Å². The molecule has 6 nitrogen and oxygen atoms in total. The van der Waals surface area contributed by atoms with Crippen molar-refractivity contribution in [2.45, 2.75) is 26.3 Å². The van der Waals surface area contributed by atoms with Gasteiger partial charge in [-0.05, 0) is 30.7 Å². The number of fused-ring (bicyclic) bond motifs is 1. The van der Waals surface area contributed by atoms with E-state index in [2.05, 4.69) is 39.7 Å². The summed E-state index contributed by atoms with van der Waals surface area (Å²) >= 11 is 0. The van der Waals surface area contributed by atoms with E-state index in [-0.39, 0.29) is 0 Å². The van der Waals surface area contributed by atoms with Gasteiger partial charge in [-0.15, -0.1) is 10.2 Å². The second-order valence-electron chi connectivity index (χ2n) is 4.72. The van der Waals surface area contributed by atoms with Crippen LogP contribution in [0, 0.1) is 0 Å². The minimum Gasteiger partial charge on any atom is -0.365 e. The van der Waals surface area contributed by atoms with E-state index in [0.29, 0.717) is 11.7 Å². The maximum atomic E-state index is 4.39. The highest BCUT2D eigenvalue weighted by atomic mass is 15.4. The molecule has 0 amide bonds. The van der Waals surface area contributed by atoms with Gasteiger partial charge in [-0.1, -0.05) is 25.1 Å². The van der Waals surface area contributed by atoms with Crippen molar-refractivity contribution in [3.8, 4) is 5.69 Å². The maximum absolute atomic E-state index is 4.39. The van der Waals surface area contributed by atoms with E-state index < -0.39 is 0 Å². The van der Waals surface area contributed by atoms with Crippen LogP contribution in [0.15, 0.2) is 36.5 Å². The molecule has 0 aliphatic heterocycles. The van der Waals surface area contributed by atoms with Crippen LogP contribution < -0.4 is 5.32 Å². The molecule has 3 rings (SSSR count). The third kappa shape index (κ3) is 2.20. The predicted molar refractivity (Wildman–Crippen MR) is 77.8 cm³/mol.